The van der Waals surface area contributed by atoms with Crippen molar-refractivity contribution in [1.29, 1.82) is 0 Å². The minimum absolute atomic E-state index is 0.282. The number of quaternary nitrogens is 1. The van der Waals surface area contributed by atoms with Crippen LogP contribution in [0.5, 0.6) is 0 Å². The Hall–Kier alpha value is -1.67. The molecule has 0 saturated carbocycles. The molecule has 0 aromatic heterocycles. The highest BCUT2D eigenvalue weighted by molar-refractivity contribution is 5.75. The second-order valence-corrected chi connectivity index (χ2v) is 4.99. The lowest BCUT2D eigenvalue weighted by atomic mass is 10.2. The van der Waals surface area contributed by atoms with Crippen LogP contribution in [-0.4, -0.2) is 71.5 Å². The standard InChI is InChI=1S/C7H15NO3.C4H6O4/c1-8(2,3)5-6(9)4-7(10)11;5-3(6)1-2-4(7)8/h6,9H,4-5H2,1-3H3;1-2H2,(H,5,6)(H,7,8)/t6-;/m1./s1. The molecular formula is C11H21NO7. The van der Waals surface area contributed by atoms with Gasteiger partial charge in [0.1, 0.15) is 12.6 Å². The summed E-state index contributed by atoms with van der Waals surface area (Å²) in [6.45, 7) is 0.425. The Morgan fingerprint density at radius 2 is 1.42 bits per heavy atom. The lowest BCUT2D eigenvalue weighted by Gasteiger charge is -2.26. The number of hydrogen-bond acceptors (Lipinski definition) is 5. The Labute approximate surface area is 111 Å². The lowest BCUT2D eigenvalue weighted by molar-refractivity contribution is -0.873. The van der Waals surface area contributed by atoms with E-state index in [-0.39, 0.29) is 19.3 Å². The number of aliphatic hydroxyl groups is 1. The largest absolute Gasteiger partial charge is 0.550 e. The molecule has 0 aliphatic heterocycles. The lowest BCUT2D eigenvalue weighted by Crippen LogP contribution is -2.43. The first-order valence-corrected chi connectivity index (χ1v) is 5.56. The highest BCUT2D eigenvalue weighted by Gasteiger charge is 2.14. The summed E-state index contributed by atoms with van der Waals surface area (Å²) < 4.78 is 0.550. The van der Waals surface area contributed by atoms with E-state index < -0.39 is 24.0 Å². The number of rotatable bonds is 7. The summed E-state index contributed by atoms with van der Waals surface area (Å²) >= 11 is 0. The van der Waals surface area contributed by atoms with Crippen LogP contribution >= 0.6 is 0 Å². The minimum atomic E-state index is -1.20. The van der Waals surface area contributed by atoms with Crippen LogP contribution < -0.4 is 5.11 Å². The van der Waals surface area contributed by atoms with E-state index >= 15 is 0 Å². The zero-order valence-corrected chi connectivity index (χ0v) is 11.3. The summed E-state index contributed by atoms with van der Waals surface area (Å²) in [5.74, 6) is -3.36. The number of likely N-dealkylation sites (N-methyl/N-ethyl adjacent to an activating group) is 1. The minimum Gasteiger partial charge on any atom is -0.550 e. The number of aliphatic carboxylic acids is 3. The average Bonchev–Trinajstić information content (AvgIpc) is 2.10. The van der Waals surface area contributed by atoms with Gasteiger partial charge >= 0.3 is 11.9 Å². The number of carbonyl (C=O) groups excluding carboxylic acids is 1. The first-order valence-electron chi connectivity index (χ1n) is 5.56. The van der Waals surface area contributed by atoms with Crippen molar-refractivity contribution in [3.8, 4) is 0 Å². The van der Waals surface area contributed by atoms with Gasteiger partial charge in [0.25, 0.3) is 0 Å². The van der Waals surface area contributed by atoms with Crippen molar-refractivity contribution < 1.29 is 39.3 Å². The summed E-state index contributed by atoms with van der Waals surface area (Å²) in [4.78, 5) is 29.3. The molecule has 8 nitrogen and oxygen atoms in total. The molecule has 0 aromatic rings. The van der Waals surface area contributed by atoms with Crippen LogP contribution in [0.15, 0.2) is 0 Å². The van der Waals surface area contributed by atoms with E-state index in [9.17, 15) is 19.5 Å². The van der Waals surface area contributed by atoms with Gasteiger partial charge in [0.05, 0.1) is 34.0 Å². The number of carbonyl (C=O) groups is 3. The normalized spacial score (nSPS) is 12.0. The maximum absolute atomic E-state index is 10.0. The van der Waals surface area contributed by atoms with E-state index in [2.05, 4.69) is 0 Å². The molecule has 0 aromatic carbocycles. The topological polar surface area (TPSA) is 135 Å². The van der Waals surface area contributed by atoms with Crippen LogP contribution in [-0.2, 0) is 14.4 Å². The second kappa shape index (κ2) is 9.29. The van der Waals surface area contributed by atoms with Crippen LogP contribution in [0.3, 0.4) is 0 Å². The Morgan fingerprint density at radius 3 is 1.63 bits per heavy atom. The van der Waals surface area contributed by atoms with Gasteiger partial charge in [-0.05, 0) is 0 Å². The molecule has 112 valence electrons. The fraction of sp³-hybridized carbons (Fsp3) is 0.727. The molecule has 0 spiro atoms. The van der Waals surface area contributed by atoms with Gasteiger partial charge in [0.15, 0.2) is 0 Å². The summed E-state index contributed by atoms with van der Waals surface area (Å²) in [6.07, 6.45) is -1.68. The van der Waals surface area contributed by atoms with Crippen molar-refractivity contribution in [3.05, 3.63) is 0 Å². The second-order valence-electron chi connectivity index (χ2n) is 4.99. The molecule has 0 fully saturated rings. The molecule has 0 aliphatic carbocycles. The van der Waals surface area contributed by atoms with Crippen LogP contribution in [0.25, 0.3) is 0 Å². The molecule has 3 N–H and O–H groups in total. The first kappa shape index (κ1) is 19.7. The van der Waals surface area contributed by atoms with Crippen molar-refractivity contribution in [3.63, 3.8) is 0 Å². The monoisotopic (exact) mass is 279 g/mol. The highest BCUT2D eigenvalue weighted by atomic mass is 16.4. The predicted molar refractivity (Wildman–Crippen MR) is 63.0 cm³/mol. The molecule has 0 heterocycles. The van der Waals surface area contributed by atoms with Crippen molar-refractivity contribution in [2.24, 2.45) is 0 Å². The number of carboxylic acid groups (broad SMARTS) is 3. The van der Waals surface area contributed by atoms with Crippen molar-refractivity contribution in [1.82, 2.24) is 0 Å². The smallest absolute Gasteiger partial charge is 0.303 e. The Bertz CT molecular complexity index is 295. The molecule has 0 bridgehead atoms. The van der Waals surface area contributed by atoms with Gasteiger partial charge in [0, 0.05) is 12.4 Å². The molecule has 0 rings (SSSR count). The summed E-state index contributed by atoms with van der Waals surface area (Å²) in [7, 11) is 5.66. The number of nitrogens with zero attached hydrogens (tertiary/aromatic N) is 1. The van der Waals surface area contributed by atoms with Gasteiger partial charge in [-0.15, -0.1) is 0 Å². The third-order valence-electron chi connectivity index (χ3n) is 1.71. The Morgan fingerprint density at radius 1 is 1.05 bits per heavy atom. The van der Waals surface area contributed by atoms with Crippen molar-refractivity contribution >= 4 is 17.9 Å². The van der Waals surface area contributed by atoms with Gasteiger partial charge in [-0.1, -0.05) is 0 Å². The maximum Gasteiger partial charge on any atom is 0.303 e. The SMILES string of the molecule is C[N+](C)(C)C[C@H](O)CC(=O)[O-].O=C(O)CCC(=O)O. The Kier molecular flexibility index (Phi) is 9.61. The highest BCUT2D eigenvalue weighted by Crippen LogP contribution is 1.97. The Balaban J connectivity index is 0. The van der Waals surface area contributed by atoms with Gasteiger partial charge < -0.3 is 29.7 Å². The van der Waals surface area contributed by atoms with Crippen LogP contribution in [0.4, 0.5) is 0 Å². The number of hydrogen-bond donors (Lipinski definition) is 3. The maximum atomic E-state index is 10.0. The fourth-order valence-electron chi connectivity index (χ4n) is 1.10. The molecule has 8 heteroatoms. The van der Waals surface area contributed by atoms with Crippen LogP contribution in [0.2, 0.25) is 0 Å². The molecule has 0 radical (unpaired) electrons. The van der Waals surface area contributed by atoms with E-state index in [1.807, 2.05) is 21.1 Å². The van der Waals surface area contributed by atoms with E-state index in [0.717, 1.165) is 0 Å². The van der Waals surface area contributed by atoms with E-state index in [0.29, 0.717) is 11.0 Å². The zero-order chi connectivity index (χ0) is 15.6. The van der Waals surface area contributed by atoms with Crippen LogP contribution in [0.1, 0.15) is 19.3 Å². The first-order chi connectivity index (χ1) is 8.44. The van der Waals surface area contributed by atoms with E-state index in [1.54, 1.807) is 0 Å². The van der Waals surface area contributed by atoms with Crippen LogP contribution in [0, 0.1) is 0 Å². The molecular weight excluding hydrogens is 258 g/mol. The third-order valence-corrected chi connectivity index (χ3v) is 1.71. The van der Waals surface area contributed by atoms with E-state index in [1.165, 1.54) is 0 Å². The van der Waals surface area contributed by atoms with Crippen molar-refractivity contribution in [2.75, 3.05) is 27.7 Å². The molecule has 0 saturated heterocycles. The summed E-state index contributed by atoms with van der Waals surface area (Å²) in [6, 6.07) is 0. The average molecular weight is 279 g/mol. The molecule has 1 atom stereocenters. The summed E-state index contributed by atoms with van der Waals surface area (Å²) in [5.41, 5.74) is 0. The van der Waals surface area contributed by atoms with Gasteiger partial charge in [0.2, 0.25) is 0 Å². The summed E-state index contributed by atoms with van der Waals surface area (Å²) in [5, 5.41) is 34.9. The fourth-order valence-corrected chi connectivity index (χ4v) is 1.10. The van der Waals surface area contributed by atoms with Gasteiger partial charge in [-0.2, -0.15) is 0 Å². The third kappa shape index (κ3) is 22.1. The van der Waals surface area contributed by atoms with Crippen molar-refractivity contribution in [2.45, 2.75) is 25.4 Å². The molecule has 0 unspecified atom stereocenters. The molecule has 0 amide bonds. The van der Waals surface area contributed by atoms with E-state index in [4.69, 9.17) is 15.3 Å². The predicted octanol–water partition coefficient (Wildman–Crippen LogP) is -1.87. The number of carboxylic acids is 3. The molecule has 0 aliphatic rings. The van der Waals surface area contributed by atoms with Gasteiger partial charge in [-0.25, -0.2) is 0 Å². The quantitative estimate of drug-likeness (QED) is 0.464. The molecule has 19 heavy (non-hydrogen) atoms. The number of aliphatic hydroxyl groups excluding tert-OH is 1. The van der Waals surface area contributed by atoms with Gasteiger partial charge in [-0.3, -0.25) is 9.59 Å². The zero-order valence-electron chi connectivity index (χ0n) is 11.3.